The van der Waals surface area contributed by atoms with Crippen LogP contribution in [-0.2, 0) is 24.0 Å². The average Bonchev–Trinajstić information content (AvgIpc) is 2.82. The fourth-order valence-electron chi connectivity index (χ4n) is 6.57. The molecule has 40 heavy (non-hydrogen) atoms. The number of halogens is 1. The van der Waals surface area contributed by atoms with Crippen molar-refractivity contribution in [2.75, 3.05) is 40.1 Å². The van der Waals surface area contributed by atoms with Gasteiger partial charge in [0.05, 0.1) is 41.8 Å². The first-order valence-electron chi connectivity index (χ1n) is 12.4. The number of Topliss-reactive ketones (excluding diaryl/α,β-unsaturated/α-hetero) is 4. The number of phenols is 1. The highest BCUT2D eigenvalue weighted by molar-refractivity contribution is 6.32. The molecular formula is C26H33ClN4O9. The van der Waals surface area contributed by atoms with Crippen molar-refractivity contribution in [3.05, 3.63) is 23.3 Å². The van der Waals surface area contributed by atoms with Crippen molar-refractivity contribution < 1.29 is 44.1 Å². The minimum atomic E-state index is -3.07. The van der Waals surface area contributed by atoms with Gasteiger partial charge in [-0.1, -0.05) is 13.0 Å². The lowest BCUT2D eigenvalue weighted by atomic mass is 9.49. The second-order valence-corrected chi connectivity index (χ2v) is 11.1. The maximum atomic E-state index is 13.9. The number of amides is 2. The predicted molar refractivity (Wildman–Crippen MR) is 142 cm³/mol. The Bertz CT molecular complexity index is 1320. The van der Waals surface area contributed by atoms with Gasteiger partial charge in [0.2, 0.25) is 11.8 Å². The second kappa shape index (κ2) is 10.6. The largest absolute Gasteiger partial charge is 0.505 e. The number of hydrogen-bond donors (Lipinski definition) is 5. The zero-order valence-corrected chi connectivity index (χ0v) is 23.4. The highest BCUT2D eigenvalue weighted by Crippen LogP contribution is 2.55. The molecular weight excluding hydrogens is 548 g/mol. The number of likely N-dealkylation sites (N-methyl/N-ethyl adjacent to an activating group) is 2. The summed E-state index contributed by atoms with van der Waals surface area (Å²) in [7, 11) is 6.18. The van der Waals surface area contributed by atoms with Crippen molar-refractivity contribution >= 4 is 53.0 Å². The monoisotopic (exact) mass is 580 g/mol. The number of anilines is 1. The smallest absolute Gasteiger partial charge is 0.238 e. The Morgan fingerprint density at radius 3 is 2.20 bits per heavy atom. The lowest BCUT2D eigenvalue weighted by Crippen LogP contribution is -2.77. The molecule has 3 aliphatic carbocycles. The summed E-state index contributed by atoms with van der Waals surface area (Å²) < 4.78 is 0. The summed E-state index contributed by atoms with van der Waals surface area (Å²) in [6.45, 7) is 1.59. The van der Waals surface area contributed by atoms with E-state index in [0.29, 0.717) is 0 Å². The van der Waals surface area contributed by atoms with E-state index in [1.807, 2.05) is 0 Å². The molecule has 0 radical (unpaired) electrons. The van der Waals surface area contributed by atoms with Gasteiger partial charge < -0.3 is 31.3 Å². The molecule has 2 amide bonds. The van der Waals surface area contributed by atoms with Crippen LogP contribution < -0.4 is 11.1 Å². The van der Waals surface area contributed by atoms with Crippen LogP contribution in [0.25, 0.3) is 0 Å². The van der Waals surface area contributed by atoms with Crippen molar-refractivity contribution in [3.63, 3.8) is 0 Å². The fraction of sp³-hybridized carbons (Fsp3) is 0.538. The van der Waals surface area contributed by atoms with Crippen LogP contribution in [0.3, 0.4) is 0 Å². The van der Waals surface area contributed by atoms with E-state index in [-0.39, 0.29) is 35.8 Å². The molecule has 13 nitrogen and oxygen atoms in total. The van der Waals surface area contributed by atoms with Crippen LogP contribution in [0.2, 0.25) is 0 Å². The van der Waals surface area contributed by atoms with Crippen LogP contribution in [0.1, 0.15) is 28.8 Å². The van der Waals surface area contributed by atoms with Gasteiger partial charge in [-0.3, -0.25) is 33.7 Å². The van der Waals surface area contributed by atoms with E-state index >= 15 is 0 Å². The van der Waals surface area contributed by atoms with E-state index in [4.69, 9.17) is 5.73 Å². The first kappa shape index (κ1) is 31.3. The number of carbonyl (C=O) groups excluding carboxylic acids is 6. The first-order valence-corrected chi connectivity index (χ1v) is 12.4. The molecule has 218 valence electrons. The zero-order chi connectivity index (χ0) is 29.3. The molecule has 8 atom stereocenters. The van der Waals surface area contributed by atoms with Crippen LogP contribution in [0.15, 0.2) is 12.1 Å². The molecule has 2 fully saturated rings. The number of nitrogens with one attached hydrogen (secondary N) is 1. The van der Waals surface area contributed by atoms with E-state index in [2.05, 4.69) is 5.32 Å². The first-order chi connectivity index (χ1) is 18.1. The minimum Gasteiger partial charge on any atom is -0.505 e. The van der Waals surface area contributed by atoms with Gasteiger partial charge in [0, 0.05) is 5.92 Å². The van der Waals surface area contributed by atoms with Gasteiger partial charge in [0.15, 0.2) is 34.7 Å². The highest BCUT2D eigenvalue weighted by Gasteiger charge is 2.72. The maximum absolute atomic E-state index is 13.9. The molecule has 6 unspecified atom stereocenters. The Labute approximate surface area is 236 Å². The number of phenolic OH excluding ortho intramolecular Hbond substituents is 1. The molecule has 14 heteroatoms. The summed E-state index contributed by atoms with van der Waals surface area (Å²) in [6, 6.07) is 1.45. The number of aliphatic hydroxyl groups excluding tert-OH is 1. The maximum Gasteiger partial charge on any atom is 0.238 e. The zero-order valence-electron chi connectivity index (χ0n) is 22.6. The summed E-state index contributed by atoms with van der Waals surface area (Å²) in [5.74, 6) is -14.6. The summed E-state index contributed by atoms with van der Waals surface area (Å²) >= 11 is 0. The Morgan fingerprint density at radius 2 is 1.68 bits per heavy atom. The number of aliphatic hydroxyl groups is 2. The van der Waals surface area contributed by atoms with Gasteiger partial charge in [-0.25, -0.2) is 0 Å². The van der Waals surface area contributed by atoms with Crippen LogP contribution in [0.4, 0.5) is 5.69 Å². The Morgan fingerprint density at radius 1 is 1.07 bits per heavy atom. The molecule has 0 aliphatic heterocycles. The van der Waals surface area contributed by atoms with Crippen molar-refractivity contribution in [1.82, 2.24) is 9.80 Å². The van der Waals surface area contributed by atoms with E-state index in [0.717, 1.165) is 0 Å². The molecule has 3 aliphatic rings. The van der Waals surface area contributed by atoms with Gasteiger partial charge in [-0.2, -0.15) is 0 Å². The number of ketones is 4. The standard InChI is InChI=1S/C26H32N4O9.ClH/c1-9-10-6-7-11(28-12(31)8-29(2)3)19(32)14(10)20(33)15-13(9)21(34)17-18(30(4)5)22(35)16(25(27)38)24(37)26(17,39)23(15)36;/h6-7,9,13,15-18,21,32,34,39H,8H2,1-5H3,(H2,27,38)(H,28,31);1H/t9?,13?,15?,16?,17?,18-,21?,26-;/m0./s1. The van der Waals surface area contributed by atoms with E-state index < -0.39 is 88.0 Å². The van der Waals surface area contributed by atoms with Crippen molar-refractivity contribution in [1.29, 1.82) is 0 Å². The summed E-state index contributed by atoms with van der Waals surface area (Å²) in [5, 5.41) is 36.7. The van der Waals surface area contributed by atoms with E-state index in [1.54, 1.807) is 25.9 Å². The van der Waals surface area contributed by atoms with Crippen molar-refractivity contribution in [2.45, 2.75) is 30.6 Å². The van der Waals surface area contributed by atoms with E-state index in [9.17, 15) is 44.1 Å². The van der Waals surface area contributed by atoms with Gasteiger partial charge in [0.25, 0.3) is 0 Å². The van der Waals surface area contributed by atoms with Crippen molar-refractivity contribution in [2.24, 2.45) is 29.4 Å². The summed E-state index contributed by atoms with van der Waals surface area (Å²) in [5.41, 5.74) is 2.15. The normalized spacial score (nSPS) is 33.2. The number of carbonyl (C=O) groups is 6. The molecule has 2 saturated carbocycles. The number of benzene rings is 1. The minimum absolute atomic E-state index is 0. The molecule has 0 aromatic heterocycles. The van der Waals surface area contributed by atoms with Crippen LogP contribution >= 0.6 is 12.4 Å². The molecule has 1 aromatic rings. The number of fused-ring (bicyclic) bond motifs is 3. The number of hydrogen-bond acceptors (Lipinski definition) is 11. The highest BCUT2D eigenvalue weighted by atomic mass is 35.5. The number of aromatic hydroxyl groups is 1. The lowest BCUT2D eigenvalue weighted by Gasteiger charge is -2.56. The predicted octanol–water partition coefficient (Wildman–Crippen LogP) is -1.68. The molecule has 0 saturated heterocycles. The third kappa shape index (κ3) is 4.32. The third-order valence-electron chi connectivity index (χ3n) is 8.22. The number of nitrogens with two attached hydrogens (primary N) is 1. The Kier molecular flexibility index (Phi) is 8.32. The molecule has 4 rings (SSSR count). The van der Waals surface area contributed by atoms with Gasteiger partial charge in [-0.15, -0.1) is 12.4 Å². The SMILES string of the molecule is CC1c2ccc(NC(=O)CN(C)C)c(O)c2C(=O)C2C(=O)[C@]3(O)C(=O)C(C(N)=O)C(=O)[C@@H](N(C)C)C3C(O)C21.Cl. The molecule has 0 heterocycles. The average molecular weight is 581 g/mol. The Hall–Kier alpha value is -3.23. The topological polar surface area (TPSA) is 208 Å². The number of primary amides is 1. The van der Waals surface area contributed by atoms with E-state index in [1.165, 1.54) is 31.1 Å². The second-order valence-electron chi connectivity index (χ2n) is 11.1. The number of rotatable bonds is 5. The van der Waals surface area contributed by atoms with Crippen LogP contribution in [-0.4, -0.2) is 113 Å². The molecule has 1 aromatic carbocycles. The molecule has 6 N–H and O–H groups in total. The number of nitrogens with zero attached hydrogens (tertiary/aromatic N) is 2. The molecule has 0 spiro atoms. The van der Waals surface area contributed by atoms with Gasteiger partial charge in [0.1, 0.15) is 5.75 Å². The summed E-state index contributed by atoms with van der Waals surface area (Å²) in [6.07, 6.45) is -1.71. The van der Waals surface area contributed by atoms with Crippen LogP contribution in [0.5, 0.6) is 5.75 Å². The van der Waals surface area contributed by atoms with Gasteiger partial charge in [-0.05, 0) is 45.7 Å². The fourth-order valence-corrected chi connectivity index (χ4v) is 6.57. The summed E-state index contributed by atoms with van der Waals surface area (Å²) in [4.78, 5) is 81.5. The quantitative estimate of drug-likeness (QED) is 0.196. The van der Waals surface area contributed by atoms with Crippen LogP contribution in [0, 0.1) is 23.7 Å². The lowest BCUT2D eigenvalue weighted by molar-refractivity contribution is -0.196. The Balaban J connectivity index is 0.00000441. The molecule has 0 bridgehead atoms. The van der Waals surface area contributed by atoms with Crippen molar-refractivity contribution in [3.8, 4) is 5.75 Å². The third-order valence-corrected chi connectivity index (χ3v) is 8.22. The van der Waals surface area contributed by atoms with Gasteiger partial charge >= 0.3 is 0 Å².